The van der Waals surface area contributed by atoms with Gasteiger partial charge in [-0.2, -0.15) is 0 Å². The molecule has 1 fully saturated rings. The third kappa shape index (κ3) is 4.54. The van der Waals surface area contributed by atoms with Crippen molar-refractivity contribution in [1.29, 1.82) is 0 Å². The van der Waals surface area contributed by atoms with Crippen LogP contribution in [0.25, 0.3) is 10.9 Å². The maximum atomic E-state index is 12.7. The number of rotatable bonds is 5. The minimum Gasteiger partial charge on any atom is -0.458 e. The minimum absolute atomic E-state index is 0.0182. The Hall–Kier alpha value is -3.00. The molecule has 1 aromatic carbocycles. The highest BCUT2D eigenvalue weighted by Gasteiger charge is 2.25. The van der Waals surface area contributed by atoms with Crippen LogP contribution in [-0.4, -0.2) is 49.5 Å². The van der Waals surface area contributed by atoms with E-state index in [1.165, 1.54) is 23.3 Å². The molecule has 1 aliphatic heterocycles. The highest BCUT2D eigenvalue weighted by Crippen LogP contribution is 2.17. The molecule has 9 heteroatoms. The van der Waals surface area contributed by atoms with Crippen molar-refractivity contribution in [3.63, 3.8) is 0 Å². The second kappa shape index (κ2) is 8.57. The fourth-order valence-corrected chi connectivity index (χ4v) is 3.51. The molecule has 1 saturated heterocycles. The number of piperidine rings is 1. The van der Waals surface area contributed by atoms with Crippen LogP contribution in [0.2, 0.25) is 5.02 Å². The van der Waals surface area contributed by atoms with Crippen LogP contribution in [0.3, 0.4) is 0 Å². The number of ether oxygens (including phenoxy) is 1. The number of amides is 1. The van der Waals surface area contributed by atoms with Crippen LogP contribution in [0.4, 0.5) is 0 Å². The van der Waals surface area contributed by atoms with E-state index >= 15 is 0 Å². The summed E-state index contributed by atoms with van der Waals surface area (Å²) in [5.41, 5.74) is 0.517. The van der Waals surface area contributed by atoms with Crippen LogP contribution >= 0.6 is 11.6 Å². The van der Waals surface area contributed by atoms with E-state index in [-0.39, 0.29) is 36.5 Å². The summed E-state index contributed by atoms with van der Waals surface area (Å²) >= 11 is 5.79. The Kier molecular flexibility index (Phi) is 5.71. The fraction of sp³-hybridized carbons (Fsp3) is 0.350. The number of nitrogens with zero attached hydrogens (tertiary/aromatic N) is 5. The number of aromatic nitrogens is 4. The van der Waals surface area contributed by atoms with Crippen molar-refractivity contribution < 1.29 is 9.53 Å². The summed E-state index contributed by atoms with van der Waals surface area (Å²) in [7, 11) is 0. The quantitative estimate of drug-likeness (QED) is 0.637. The van der Waals surface area contributed by atoms with Gasteiger partial charge in [0.1, 0.15) is 6.10 Å². The van der Waals surface area contributed by atoms with Gasteiger partial charge in [-0.05, 0) is 25.0 Å². The van der Waals surface area contributed by atoms with Crippen molar-refractivity contribution in [3.8, 4) is 6.01 Å². The number of aryl methyl sites for hydroxylation is 1. The van der Waals surface area contributed by atoms with Crippen LogP contribution in [-0.2, 0) is 11.3 Å². The molecule has 8 nitrogen and oxygen atoms in total. The van der Waals surface area contributed by atoms with E-state index in [4.69, 9.17) is 16.3 Å². The first-order valence-corrected chi connectivity index (χ1v) is 9.84. The average molecular weight is 414 g/mol. The Balaban J connectivity index is 1.36. The Labute approximate surface area is 172 Å². The molecule has 0 radical (unpaired) electrons. The molecule has 0 saturated carbocycles. The molecule has 0 aliphatic carbocycles. The smallest absolute Gasteiger partial charge is 0.316 e. The molecule has 2 aromatic heterocycles. The van der Waals surface area contributed by atoms with E-state index in [1.807, 2.05) is 6.07 Å². The maximum Gasteiger partial charge on any atom is 0.316 e. The number of benzene rings is 1. The second-order valence-electron chi connectivity index (χ2n) is 6.92. The fourth-order valence-electron chi connectivity index (χ4n) is 3.41. The van der Waals surface area contributed by atoms with E-state index in [1.54, 1.807) is 23.1 Å². The molecule has 0 N–H and O–H groups in total. The lowest BCUT2D eigenvalue weighted by molar-refractivity contribution is -0.134. The van der Waals surface area contributed by atoms with E-state index in [2.05, 4.69) is 15.0 Å². The van der Waals surface area contributed by atoms with Gasteiger partial charge in [-0.3, -0.25) is 14.2 Å². The first-order chi connectivity index (χ1) is 14.1. The highest BCUT2D eigenvalue weighted by atomic mass is 35.5. The normalized spacial score (nSPS) is 16.7. The highest BCUT2D eigenvalue weighted by molar-refractivity contribution is 6.30. The standard InChI is InChI=1S/C20H20ClN5O3/c21-14-10-22-20(23-11-14)29-15-4-3-8-25(12-15)18(27)7-9-26-13-24-17-6-2-1-5-16(17)19(26)28/h1-2,5-6,10-11,13,15H,3-4,7-9,12H2. The maximum absolute atomic E-state index is 12.7. The molecule has 1 aliphatic rings. The Morgan fingerprint density at radius 2 is 2.00 bits per heavy atom. The Bertz CT molecular complexity index is 1070. The summed E-state index contributed by atoms with van der Waals surface area (Å²) in [5, 5.41) is 0.994. The van der Waals surface area contributed by atoms with E-state index in [0.717, 1.165) is 12.8 Å². The summed E-state index contributed by atoms with van der Waals surface area (Å²) in [5.74, 6) is -0.0182. The SMILES string of the molecule is O=C(CCn1cnc2ccccc2c1=O)N1CCCC(Oc2ncc(Cl)cn2)C1. The van der Waals surface area contributed by atoms with Gasteiger partial charge in [0, 0.05) is 19.5 Å². The van der Waals surface area contributed by atoms with Gasteiger partial charge in [0.25, 0.3) is 5.56 Å². The molecule has 1 amide bonds. The second-order valence-corrected chi connectivity index (χ2v) is 7.35. The molecule has 150 valence electrons. The lowest BCUT2D eigenvalue weighted by Gasteiger charge is -2.32. The number of carbonyl (C=O) groups excluding carboxylic acids is 1. The summed E-state index contributed by atoms with van der Waals surface area (Å²) in [6, 6.07) is 7.44. The lowest BCUT2D eigenvalue weighted by Crippen LogP contribution is -2.44. The molecule has 0 spiro atoms. The lowest BCUT2D eigenvalue weighted by atomic mass is 10.1. The van der Waals surface area contributed by atoms with Crippen molar-refractivity contribution in [2.45, 2.75) is 31.9 Å². The average Bonchev–Trinajstić information content (AvgIpc) is 2.75. The minimum atomic E-state index is -0.168. The zero-order valence-corrected chi connectivity index (χ0v) is 16.5. The van der Waals surface area contributed by atoms with Crippen LogP contribution in [0.15, 0.2) is 47.8 Å². The summed E-state index contributed by atoms with van der Waals surface area (Å²) < 4.78 is 7.27. The zero-order chi connectivity index (χ0) is 20.2. The van der Waals surface area contributed by atoms with Crippen molar-refractivity contribution in [1.82, 2.24) is 24.4 Å². The molecular formula is C20H20ClN5O3. The van der Waals surface area contributed by atoms with Crippen LogP contribution in [0, 0.1) is 0 Å². The molecule has 3 aromatic rings. The number of halogens is 1. The van der Waals surface area contributed by atoms with Gasteiger partial charge in [0.2, 0.25) is 5.91 Å². The first kappa shape index (κ1) is 19.3. The molecule has 1 atom stereocenters. The molecule has 29 heavy (non-hydrogen) atoms. The number of carbonyl (C=O) groups is 1. The third-order valence-electron chi connectivity index (χ3n) is 4.90. The monoisotopic (exact) mass is 413 g/mol. The van der Waals surface area contributed by atoms with Gasteiger partial charge >= 0.3 is 6.01 Å². The summed E-state index contributed by atoms with van der Waals surface area (Å²) in [6.45, 7) is 1.43. The topological polar surface area (TPSA) is 90.2 Å². The van der Waals surface area contributed by atoms with Crippen LogP contribution in [0.5, 0.6) is 6.01 Å². The largest absolute Gasteiger partial charge is 0.458 e. The predicted octanol–water partition coefficient (Wildman–Crippen LogP) is 2.30. The number of hydrogen-bond donors (Lipinski definition) is 0. The summed E-state index contributed by atoms with van der Waals surface area (Å²) in [6.07, 6.45) is 6.17. The van der Waals surface area contributed by atoms with Crippen molar-refractivity contribution in [2.75, 3.05) is 13.1 Å². The number of para-hydroxylation sites is 1. The number of likely N-dealkylation sites (tertiary alicyclic amines) is 1. The zero-order valence-electron chi connectivity index (χ0n) is 15.7. The van der Waals surface area contributed by atoms with Crippen molar-refractivity contribution in [3.05, 3.63) is 58.4 Å². The molecule has 0 bridgehead atoms. The third-order valence-corrected chi connectivity index (χ3v) is 5.09. The van der Waals surface area contributed by atoms with Gasteiger partial charge in [-0.1, -0.05) is 23.7 Å². The number of hydrogen-bond acceptors (Lipinski definition) is 6. The Morgan fingerprint density at radius 1 is 1.21 bits per heavy atom. The predicted molar refractivity (Wildman–Crippen MR) is 108 cm³/mol. The molecular weight excluding hydrogens is 394 g/mol. The van der Waals surface area contributed by atoms with Crippen molar-refractivity contribution in [2.24, 2.45) is 0 Å². The summed E-state index contributed by atoms with van der Waals surface area (Å²) in [4.78, 5) is 39.4. The van der Waals surface area contributed by atoms with Crippen molar-refractivity contribution >= 4 is 28.4 Å². The van der Waals surface area contributed by atoms with Gasteiger partial charge in [0.05, 0.1) is 41.2 Å². The van der Waals surface area contributed by atoms with Gasteiger partial charge < -0.3 is 9.64 Å². The Morgan fingerprint density at radius 3 is 2.83 bits per heavy atom. The first-order valence-electron chi connectivity index (χ1n) is 9.46. The van der Waals surface area contributed by atoms with E-state index in [9.17, 15) is 9.59 Å². The van der Waals surface area contributed by atoms with Crippen LogP contribution < -0.4 is 10.3 Å². The van der Waals surface area contributed by atoms with E-state index in [0.29, 0.717) is 29.0 Å². The number of fused-ring (bicyclic) bond motifs is 1. The van der Waals surface area contributed by atoms with Gasteiger partial charge in [0.15, 0.2) is 0 Å². The van der Waals surface area contributed by atoms with Crippen LogP contribution in [0.1, 0.15) is 19.3 Å². The van der Waals surface area contributed by atoms with E-state index < -0.39 is 0 Å². The van der Waals surface area contributed by atoms with Gasteiger partial charge in [-0.25, -0.2) is 15.0 Å². The molecule has 4 rings (SSSR count). The van der Waals surface area contributed by atoms with Gasteiger partial charge in [-0.15, -0.1) is 0 Å². The molecule has 3 heterocycles. The molecule has 1 unspecified atom stereocenters.